The molecule has 0 aliphatic carbocycles. The molecule has 0 bridgehead atoms. The summed E-state index contributed by atoms with van der Waals surface area (Å²) < 4.78 is 55.5. The molecule has 0 aliphatic rings. The summed E-state index contributed by atoms with van der Waals surface area (Å²) >= 11 is 0. The van der Waals surface area contributed by atoms with E-state index in [4.69, 9.17) is 0 Å². The minimum absolute atomic E-state index is 0.131. The Morgan fingerprint density at radius 2 is 2.16 bits per heavy atom. The van der Waals surface area contributed by atoms with Crippen LogP contribution in [0.3, 0.4) is 0 Å². The van der Waals surface area contributed by atoms with Crippen LogP contribution in [0, 0.1) is 0 Å². The Hall–Kier alpha value is -1.15. The van der Waals surface area contributed by atoms with Gasteiger partial charge < -0.3 is 10.1 Å². The Balaban J connectivity index is 2.49. The molecule has 0 saturated heterocycles. The SMILES string of the molecule is CCn1cc(C(COCC(F)(F)C(F)F)NC)cn1. The number of ether oxygens (including phenoxy) is 1. The highest BCUT2D eigenvalue weighted by Crippen LogP contribution is 2.23. The number of likely N-dealkylation sites (N-methyl/N-ethyl adjacent to an activating group) is 1. The number of alkyl halides is 4. The normalized spacial score (nSPS) is 14.1. The van der Waals surface area contributed by atoms with Crippen molar-refractivity contribution in [3.63, 3.8) is 0 Å². The average Bonchev–Trinajstić information content (AvgIpc) is 2.83. The molecule has 1 heterocycles. The molecule has 1 rings (SSSR count). The molecule has 8 heteroatoms. The third-order valence-corrected chi connectivity index (χ3v) is 2.63. The summed E-state index contributed by atoms with van der Waals surface area (Å²) in [7, 11) is 1.63. The van der Waals surface area contributed by atoms with Crippen molar-refractivity contribution in [3.8, 4) is 0 Å². The highest BCUT2D eigenvalue weighted by atomic mass is 19.3. The molecular formula is C11H17F4N3O. The second kappa shape index (κ2) is 6.85. The Labute approximate surface area is 108 Å². The molecule has 110 valence electrons. The van der Waals surface area contributed by atoms with Crippen LogP contribution in [0.25, 0.3) is 0 Å². The van der Waals surface area contributed by atoms with E-state index in [1.165, 1.54) is 0 Å². The fourth-order valence-corrected chi connectivity index (χ4v) is 1.45. The van der Waals surface area contributed by atoms with E-state index in [0.29, 0.717) is 6.54 Å². The van der Waals surface area contributed by atoms with Crippen LogP contribution in [0.5, 0.6) is 0 Å². The topological polar surface area (TPSA) is 39.1 Å². The van der Waals surface area contributed by atoms with Crippen molar-refractivity contribution in [3.05, 3.63) is 18.0 Å². The molecule has 1 N–H and O–H groups in total. The van der Waals surface area contributed by atoms with Crippen LogP contribution in [-0.2, 0) is 11.3 Å². The third kappa shape index (κ3) is 4.46. The predicted molar refractivity (Wildman–Crippen MR) is 61.5 cm³/mol. The van der Waals surface area contributed by atoms with E-state index in [9.17, 15) is 17.6 Å². The number of nitrogens with zero attached hydrogens (tertiary/aromatic N) is 2. The first-order valence-electron chi connectivity index (χ1n) is 5.84. The molecule has 1 aromatic heterocycles. The lowest BCUT2D eigenvalue weighted by molar-refractivity contribution is -0.167. The summed E-state index contributed by atoms with van der Waals surface area (Å²) in [4.78, 5) is 0. The summed E-state index contributed by atoms with van der Waals surface area (Å²) in [6, 6.07) is -0.367. The van der Waals surface area contributed by atoms with Gasteiger partial charge in [-0.2, -0.15) is 13.9 Å². The zero-order chi connectivity index (χ0) is 14.5. The lowest BCUT2D eigenvalue weighted by atomic mass is 10.2. The summed E-state index contributed by atoms with van der Waals surface area (Å²) in [6.45, 7) is 1.16. The van der Waals surface area contributed by atoms with Crippen molar-refractivity contribution >= 4 is 0 Å². The largest absolute Gasteiger partial charge is 0.373 e. The minimum Gasteiger partial charge on any atom is -0.373 e. The van der Waals surface area contributed by atoms with Gasteiger partial charge in [-0.05, 0) is 14.0 Å². The van der Waals surface area contributed by atoms with Crippen LogP contribution in [0.15, 0.2) is 12.4 Å². The second-order valence-electron chi connectivity index (χ2n) is 4.05. The number of aromatic nitrogens is 2. The lowest BCUT2D eigenvalue weighted by Gasteiger charge is -2.18. The fraction of sp³-hybridized carbons (Fsp3) is 0.727. The van der Waals surface area contributed by atoms with Crippen molar-refractivity contribution in [2.24, 2.45) is 0 Å². The zero-order valence-electron chi connectivity index (χ0n) is 10.7. The molecular weight excluding hydrogens is 266 g/mol. The molecule has 0 spiro atoms. The van der Waals surface area contributed by atoms with Crippen molar-refractivity contribution in [2.75, 3.05) is 20.3 Å². The molecule has 19 heavy (non-hydrogen) atoms. The van der Waals surface area contributed by atoms with Gasteiger partial charge >= 0.3 is 12.3 Å². The Bertz CT molecular complexity index is 384. The molecule has 0 aliphatic heterocycles. The van der Waals surface area contributed by atoms with Crippen molar-refractivity contribution < 1.29 is 22.3 Å². The maximum atomic E-state index is 12.7. The van der Waals surface area contributed by atoms with Gasteiger partial charge in [-0.3, -0.25) is 4.68 Å². The van der Waals surface area contributed by atoms with Gasteiger partial charge in [0.1, 0.15) is 6.61 Å². The van der Waals surface area contributed by atoms with Crippen molar-refractivity contribution in [1.29, 1.82) is 0 Å². The average molecular weight is 283 g/mol. The van der Waals surface area contributed by atoms with Crippen molar-refractivity contribution in [2.45, 2.75) is 31.9 Å². The third-order valence-electron chi connectivity index (χ3n) is 2.63. The molecule has 0 saturated carbocycles. The maximum absolute atomic E-state index is 12.7. The molecule has 0 amide bonds. The van der Waals surface area contributed by atoms with E-state index >= 15 is 0 Å². The number of halogens is 4. The molecule has 4 nitrogen and oxygen atoms in total. The maximum Gasteiger partial charge on any atom is 0.330 e. The first kappa shape index (κ1) is 15.9. The molecule has 1 atom stereocenters. The minimum atomic E-state index is -4.12. The highest BCUT2D eigenvalue weighted by molar-refractivity contribution is 5.10. The molecule has 0 radical (unpaired) electrons. The van der Waals surface area contributed by atoms with Gasteiger partial charge in [0.05, 0.1) is 18.8 Å². The molecule has 1 aromatic rings. The summed E-state index contributed by atoms with van der Waals surface area (Å²) in [5, 5.41) is 6.90. The zero-order valence-corrected chi connectivity index (χ0v) is 10.7. The highest BCUT2D eigenvalue weighted by Gasteiger charge is 2.41. The van der Waals surface area contributed by atoms with Crippen LogP contribution in [0.4, 0.5) is 17.6 Å². The van der Waals surface area contributed by atoms with Gasteiger partial charge in [0.25, 0.3) is 0 Å². The molecule has 1 unspecified atom stereocenters. The standard InChI is InChI=1S/C11H17F4N3O/c1-3-18-5-8(4-17-18)9(16-2)6-19-7-11(14,15)10(12)13/h4-5,9-10,16H,3,6-7H2,1-2H3. The van der Waals surface area contributed by atoms with E-state index in [1.54, 1.807) is 24.1 Å². The summed E-state index contributed by atoms with van der Waals surface area (Å²) in [6.07, 6.45) is -0.391. The van der Waals surface area contributed by atoms with Crippen LogP contribution in [0.1, 0.15) is 18.5 Å². The van der Waals surface area contributed by atoms with Gasteiger partial charge in [-0.15, -0.1) is 0 Å². The first-order valence-corrected chi connectivity index (χ1v) is 5.84. The van der Waals surface area contributed by atoms with Crippen LogP contribution in [0.2, 0.25) is 0 Å². The Morgan fingerprint density at radius 1 is 1.47 bits per heavy atom. The molecule has 0 aromatic carbocycles. The van der Waals surface area contributed by atoms with Gasteiger partial charge in [0.15, 0.2) is 0 Å². The van der Waals surface area contributed by atoms with Gasteiger partial charge in [-0.1, -0.05) is 0 Å². The van der Waals surface area contributed by atoms with Crippen molar-refractivity contribution in [1.82, 2.24) is 15.1 Å². The van der Waals surface area contributed by atoms with E-state index < -0.39 is 19.0 Å². The van der Waals surface area contributed by atoms with E-state index in [-0.39, 0.29) is 12.6 Å². The number of rotatable bonds is 8. The van der Waals surface area contributed by atoms with E-state index in [0.717, 1.165) is 5.56 Å². The Kier molecular flexibility index (Phi) is 5.74. The Morgan fingerprint density at radius 3 is 2.63 bits per heavy atom. The van der Waals surface area contributed by atoms with E-state index in [1.807, 2.05) is 6.92 Å². The van der Waals surface area contributed by atoms with Gasteiger partial charge in [0, 0.05) is 18.3 Å². The lowest BCUT2D eigenvalue weighted by Crippen LogP contribution is -2.34. The number of hydrogen-bond acceptors (Lipinski definition) is 3. The van der Waals surface area contributed by atoms with Crippen LogP contribution >= 0.6 is 0 Å². The van der Waals surface area contributed by atoms with Gasteiger partial charge in [-0.25, -0.2) is 8.78 Å². The monoisotopic (exact) mass is 283 g/mol. The second-order valence-corrected chi connectivity index (χ2v) is 4.05. The van der Waals surface area contributed by atoms with Gasteiger partial charge in [0.2, 0.25) is 0 Å². The number of nitrogens with one attached hydrogen (secondary N) is 1. The predicted octanol–water partition coefficient (Wildman–Crippen LogP) is 2.08. The molecule has 0 fully saturated rings. The number of aryl methyl sites for hydroxylation is 1. The fourth-order valence-electron chi connectivity index (χ4n) is 1.45. The first-order chi connectivity index (χ1) is 8.90. The van der Waals surface area contributed by atoms with Crippen LogP contribution < -0.4 is 5.32 Å². The number of hydrogen-bond donors (Lipinski definition) is 1. The summed E-state index contributed by atoms with van der Waals surface area (Å²) in [5.74, 6) is -4.12. The summed E-state index contributed by atoms with van der Waals surface area (Å²) in [5.41, 5.74) is 0.754. The smallest absolute Gasteiger partial charge is 0.330 e. The quantitative estimate of drug-likeness (QED) is 0.742. The van der Waals surface area contributed by atoms with E-state index in [2.05, 4.69) is 15.2 Å². The van der Waals surface area contributed by atoms with Crippen LogP contribution in [-0.4, -0.2) is 42.4 Å².